The molecule has 34 heavy (non-hydrogen) atoms. The zero-order valence-electron chi connectivity index (χ0n) is 20.1. The maximum Gasteiger partial charge on any atom is 0.279 e. The van der Waals surface area contributed by atoms with Gasteiger partial charge in [-0.15, -0.1) is 0 Å². The molecule has 0 saturated carbocycles. The van der Waals surface area contributed by atoms with E-state index in [2.05, 4.69) is 34.1 Å². The fourth-order valence-electron chi connectivity index (χ4n) is 4.53. The number of hydrogen-bond donors (Lipinski definition) is 2. The first-order chi connectivity index (χ1) is 16.1. The third-order valence-corrected chi connectivity index (χ3v) is 6.01. The number of aromatic nitrogens is 4. The number of primary amides is 1. The summed E-state index contributed by atoms with van der Waals surface area (Å²) in [6.45, 7) is 10.2. The highest BCUT2D eigenvalue weighted by atomic mass is 19.1. The first-order valence-electron chi connectivity index (χ1n) is 11.2. The molecule has 1 aromatic carbocycles. The van der Waals surface area contributed by atoms with E-state index in [9.17, 15) is 14.0 Å². The number of methoxy groups -OCH3 is 1. The van der Waals surface area contributed by atoms with Gasteiger partial charge in [-0.25, -0.2) is 9.37 Å². The number of nitrogens with two attached hydrogens (primary N) is 1. The summed E-state index contributed by atoms with van der Waals surface area (Å²) in [6.07, 6.45) is 0. The summed E-state index contributed by atoms with van der Waals surface area (Å²) in [4.78, 5) is 32.0. The monoisotopic (exact) mass is 471 g/mol. The Kier molecular flexibility index (Phi) is 6.07. The van der Waals surface area contributed by atoms with E-state index in [0.29, 0.717) is 43.9 Å². The van der Waals surface area contributed by atoms with E-state index in [1.54, 1.807) is 26.2 Å². The van der Waals surface area contributed by atoms with Crippen LogP contribution in [-0.4, -0.2) is 58.0 Å². The second-order valence-electron chi connectivity index (χ2n) is 9.35. The molecule has 3 N–H and O–H groups in total. The molecular weight excluding hydrogens is 441 g/mol. The van der Waals surface area contributed by atoms with Gasteiger partial charge in [0.15, 0.2) is 11.5 Å². The largest absolute Gasteiger partial charge is 0.383 e. The summed E-state index contributed by atoms with van der Waals surface area (Å²) in [5.74, 6) is -1.60. The van der Waals surface area contributed by atoms with Crippen LogP contribution in [0.25, 0.3) is 11.0 Å². The molecule has 1 aliphatic rings. The van der Waals surface area contributed by atoms with Gasteiger partial charge in [0.2, 0.25) is 11.9 Å². The number of nitrogens with zero attached hydrogens (tertiary/aromatic N) is 5. The van der Waals surface area contributed by atoms with E-state index in [4.69, 9.17) is 10.5 Å². The smallest absolute Gasteiger partial charge is 0.279 e. The number of rotatable bonds is 7. The third-order valence-electron chi connectivity index (χ3n) is 6.01. The van der Waals surface area contributed by atoms with E-state index in [-0.39, 0.29) is 22.8 Å². The molecule has 182 valence electrons. The summed E-state index contributed by atoms with van der Waals surface area (Å²) in [7, 11) is 1.64. The Morgan fingerprint density at radius 1 is 1.29 bits per heavy atom. The molecule has 10 nitrogen and oxygen atoms in total. The fourth-order valence-corrected chi connectivity index (χ4v) is 4.53. The molecule has 11 heteroatoms. The molecule has 0 bridgehead atoms. The number of halogens is 1. The molecule has 4 rings (SSSR count). The summed E-state index contributed by atoms with van der Waals surface area (Å²) in [5, 5.41) is 6.88. The van der Waals surface area contributed by atoms with Gasteiger partial charge in [-0.3, -0.25) is 19.6 Å². The minimum Gasteiger partial charge on any atom is -0.383 e. The molecule has 0 unspecified atom stereocenters. The Labute approximate surface area is 196 Å². The van der Waals surface area contributed by atoms with Crippen molar-refractivity contribution in [2.24, 2.45) is 11.1 Å². The predicted molar refractivity (Wildman–Crippen MR) is 127 cm³/mol. The zero-order valence-corrected chi connectivity index (χ0v) is 20.1. The van der Waals surface area contributed by atoms with Gasteiger partial charge < -0.3 is 19.9 Å². The Balaban J connectivity index is 1.87. The molecule has 1 aliphatic heterocycles. The molecule has 3 aromatic rings. The van der Waals surface area contributed by atoms with Gasteiger partial charge in [0.25, 0.3) is 5.91 Å². The topological polar surface area (TPSA) is 120 Å². The number of benzene rings is 1. The minimum atomic E-state index is -0.658. The number of anilines is 2. The van der Waals surface area contributed by atoms with E-state index in [0.717, 1.165) is 11.2 Å². The highest BCUT2D eigenvalue weighted by Crippen LogP contribution is 2.38. The number of nitrogens with one attached hydrogen (secondary N) is 1. The molecular formula is C23H30FN7O3. The Morgan fingerprint density at radius 2 is 2.03 bits per heavy atom. The molecule has 0 atom stereocenters. The quantitative estimate of drug-likeness (QED) is 0.546. The number of carbonyl (C=O) groups excluding carboxylic acids is 2. The van der Waals surface area contributed by atoms with Crippen molar-refractivity contribution in [3.05, 3.63) is 34.9 Å². The molecule has 3 heterocycles. The number of hydrogen-bond acceptors (Lipinski definition) is 6. The third kappa shape index (κ3) is 4.11. The van der Waals surface area contributed by atoms with Crippen LogP contribution in [0, 0.1) is 18.2 Å². The van der Waals surface area contributed by atoms with Crippen LogP contribution in [0.2, 0.25) is 0 Å². The Morgan fingerprint density at radius 3 is 2.68 bits per heavy atom. The lowest BCUT2D eigenvalue weighted by Gasteiger charge is -2.31. The lowest BCUT2D eigenvalue weighted by Crippen LogP contribution is -2.37. The number of imidazole rings is 1. The molecule has 0 aliphatic carbocycles. The summed E-state index contributed by atoms with van der Waals surface area (Å²) >= 11 is 0. The average Bonchev–Trinajstić information content (AvgIpc) is 3.21. The van der Waals surface area contributed by atoms with Crippen LogP contribution in [0.15, 0.2) is 12.1 Å². The van der Waals surface area contributed by atoms with Crippen LogP contribution < -0.4 is 16.0 Å². The van der Waals surface area contributed by atoms with Crippen molar-refractivity contribution in [3.8, 4) is 0 Å². The summed E-state index contributed by atoms with van der Waals surface area (Å²) in [5.41, 5.74) is 7.77. The lowest BCUT2D eigenvalue weighted by atomic mass is 9.93. The van der Waals surface area contributed by atoms with Crippen molar-refractivity contribution in [3.63, 3.8) is 0 Å². The standard InChI is InChI=1S/C23H30FN7O3/c1-6-31-19(17(24)13(2)28-31)21(33)27-22-26-15-9-14(20(25)32)10-16-18(15)30(22)12-23(3,4)11-29(16)7-8-34-5/h9-10H,6-8,11-12H2,1-5H3,(H2,25,32)(H,26,27,33). The van der Waals surface area contributed by atoms with Gasteiger partial charge in [0.05, 0.1) is 29.0 Å². The molecule has 2 aromatic heterocycles. The highest BCUT2D eigenvalue weighted by molar-refractivity contribution is 6.05. The predicted octanol–water partition coefficient (Wildman–Crippen LogP) is 2.54. The van der Waals surface area contributed by atoms with Crippen molar-refractivity contribution in [2.75, 3.05) is 37.0 Å². The fraction of sp³-hybridized carbons (Fsp3) is 0.478. The van der Waals surface area contributed by atoms with Crippen molar-refractivity contribution in [2.45, 2.75) is 40.8 Å². The van der Waals surface area contributed by atoms with Gasteiger partial charge in [-0.05, 0) is 26.0 Å². The van der Waals surface area contributed by atoms with Crippen molar-refractivity contribution in [1.82, 2.24) is 19.3 Å². The average molecular weight is 472 g/mol. The zero-order chi connectivity index (χ0) is 24.8. The Hall–Kier alpha value is -3.47. The van der Waals surface area contributed by atoms with Gasteiger partial charge >= 0.3 is 0 Å². The molecule has 0 fully saturated rings. The molecule has 0 spiro atoms. The van der Waals surface area contributed by atoms with Gasteiger partial charge in [0, 0.05) is 44.3 Å². The van der Waals surface area contributed by atoms with Crippen LogP contribution in [0.1, 0.15) is 47.3 Å². The lowest BCUT2D eigenvalue weighted by molar-refractivity contribution is 0.0994. The van der Waals surface area contributed by atoms with Crippen LogP contribution in [0.5, 0.6) is 0 Å². The van der Waals surface area contributed by atoms with Crippen molar-refractivity contribution >= 4 is 34.5 Å². The first kappa shape index (κ1) is 23.7. The van der Waals surface area contributed by atoms with Crippen LogP contribution >= 0.6 is 0 Å². The number of amides is 2. The van der Waals surface area contributed by atoms with E-state index in [1.807, 2.05) is 4.57 Å². The number of ether oxygens (including phenoxy) is 1. The Bertz CT molecular complexity index is 1280. The SMILES string of the molecule is CCn1nc(C)c(F)c1C(=O)Nc1nc2cc(C(N)=O)cc3c2n1CC(C)(C)CN3CCOC. The second-order valence-corrected chi connectivity index (χ2v) is 9.35. The molecule has 0 saturated heterocycles. The van der Waals surface area contributed by atoms with Gasteiger partial charge in [-0.2, -0.15) is 5.10 Å². The van der Waals surface area contributed by atoms with E-state index < -0.39 is 17.6 Å². The molecule has 0 radical (unpaired) electrons. The highest BCUT2D eigenvalue weighted by Gasteiger charge is 2.33. The van der Waals surface area contributed by atoms with Gasteiger partial charge in [0.1, 0.15) is 0 Å². The normalized spacial score (nSPS) is 14.9. The molecule has 2 amide bonds. The number of aryl methyl sites for hydroxylation is 2. The second kappa shape index (κ2) is 8.71. The maximum absolute atomic E-state index is 14.7. The van der Waals surface area contributed by atoms with Crippen LogP contribution in [0.4, 0.5) is 16.0 Å². The van der Waals surface area contributed by atoms with Crippen LogP contribution in [0.3, 0.4) is 0 Å². The first-order valence-corrected chi connectivity index (χ1v) is 11.2. The van der Waals surface area contributed by atoms with Crippen LogP contribution in [-0.2, 0) is 17.8 Å². The van der Waals surface area contributed by atoms with Crippen molar-refractivity contribution < 1.29 is 18.7 Å². The number of carbonyl (C=O) groups is 2. The van der Waals surface area contributed by atoms with Crippen molar-refractivity contribution in [1.29, 1.82) is 0 Å². The van der Waals surface area contributed by atoms with Gasteiger partial charge in [-0.1, -0.05) is 13.8 Å². The summed E-state index contributed by atoms with van der Waals surface area (Å²) < 4.78 is 23.2. The summed E-state index contributed by atoms with van der Waals surface area (Å²) in [6, 6.07) is 3.36. The minimum absolute atomic E-state index is 0.146. The van der Waals surface area contributed by atoms with E-state index >= 15 is 0 Å². The maximum atomic E-state index is 14.7. The van der Waals surface area contributed by atoms with E-state index in [1.165, 1.54) is 11.6 Å².